The minimum atomic E-state index is -1.06. The lowest BCUT2D eigenvalue weighted by Crippen LogP contribution is -2.45. The molecule has 1 aliphatic carbocycles. The van der Waals surface area contributed by atoms with E-state index in [1.807, 2.05) is 43.3 Å². The summed E-state index contributed by atoms with van der Waals surface area (Å²) < 4.78 is 5.45. The molecule has 7 heteroatoms. The largest absolute Gasteiger partial charge is 0.480 e. The number of alkyl carbamates (subject to hydrolysis) is 1. The summed E-state index contributed by atoms with van der Waals surface area (Å²) in [6.45, 7) is 3.73. The Morgan fingerprint density at radius 3 is 2.16 bits per heavy atom. The van der Waals surface area contributed by atoms with Crippen LogP contribution in [0.5, 0.6) is 0 Å². The van der Waals surface area contributed by atoms with Crippen LogP contribution in [0, 0.1) is 5.92 Å². The Kier molecular flexibility index (Phi) is 7.28. The maximum Gasteiger partial charge on any atom is 0.407 e. The van der Waals surface area contributed by atoms with Gasteiger partial charge in [-0.05, 0) is 28.7 Å². The number of amides is 2. The quantitative estimate of drug-likeness (QED) is 0.571. The fourth-order valence-corrected chi connectivity index (χ4v) is 3.84. The molecule has 31 heavy (non-hydrogen) atoms. The van der Waals surface area contributed by atoms with Gasteiger partial charge < -0.3 is 20.5 Å². The first-order chi connectivity index (χ1) is 14.9. The van der Waals surface area contributed by atoms with E-state index in [4.69, 9.17) is 9.84 Å². The second kappa shape index (κ2) is 10.1. The van der Waals surface area contributed by atoms with Crippen LogP contribution in [0.2, 0.25) is 0 Å². The van der Waals surface area contributed by atoms with E-state index >= 15 is 0 Å². The number of carbonyl (C=O) groups is 3. The van der Waals surface area contributed by atoms with E-state index in [0.717, 1.165) is 22.3 Å². The highest BCUT2D eigenvalue weighted by Gasteiger charge is 2.29. The van der Waals surface area contributed by atoms with Gasteiger partial charge in [0.25, 0.3) is 0 Å². The minimum Gasteiger partial charge on any atom is -0.480 e. The van der Waals surface area contributed by atoms with Crippen LogP contribution in [0.1, 0.15) is 43.7 Å². The van der Waals surface area contributed by atoms with Gasteiger partial charge in [0.1, 0.15) is 12.6 Å². The number of hydrogen-bond donors (Lipinski definition) is 3. The Bertz CT molecular complexity index is 913. The number of hydrogen-bond acceptors (Lipinski definition) is 4. The van der Waals surface area contributed by atoms with Crippen LogP contribution >= 0.6 is 0 Å². The van der Waals surface area contributed by atoms with Gasteiger partial charge in [-0.1, -0.05) is 68.8 Å². The summed E-state index contributed by atoms with van der Waals surface area (Å²) in [5.41, 5.74) is 4.55. The van der Waals surface area contributed by atoms with Gasteiger partial charge in [0, 0.05) is 12.5 Å². The van der Waals surface area contributed by atoms with E-state index in [1.165, 1.54) is 0 Å². The van der Waals surface area contributed by atoms with Crippen LogP contribution in [0.15, 0.2) is 48.5 Å². The van der Waals surface area contributed by atoms with Crippen LogP contribution in [0.25, 0.3) is 11.1 Å². The zero-order chi connectivity index (χ0) is 22.4. The molecule has 0 saturated carbocycles. The molecule has 0 heterocycles. The summed E-state index contributed by atoms with van der Waals surface area (Å²) in [5, 5.41) is 14.3. The van der Waals surface area contributed by atoms with E-state index in [2.05, 4.69) is 22.8 Å². The van der Waals surface area contributed by atoms with Gasteiger partial charge in [-0.2, -0.15) is 0 Å². The lowest BCUT2D eigenvalue weighted by atomic mass is 9.98. The average Bonchev–Trinajstić information content (AvgIpc) is 3.09. The maximum atomic E-state index is 12.2. The molecule has 2 unspecified atom stereocenters. The third kappa shape index (κ3) is 5.23. The van der Waals surface area contributed by atoms with Crippen molar-refractivity contribution in [2.24, 2.45) is 5.92 Å². The first-order valence-corrected chi connectivity index (χ1v) is 10.5. The highest BCUT2D eigenvalue weighted by molar-refractivity contribution is 5.85. The fourth-order valence-electron chi connectivity index (χ4n) is 3.84. The summed E-state index contributed by atoms with van der Waals surface area (Å²) in [5.74, 6) is -2.10. The Morgan fingerprint density at radius 1 is 1.03 bits per heavy atom. The number of ether oxygens (including phenoxy) is 1. The standard InChI is InChI=1S/C24H28N2O5/c1-3-8-21(23(28)29)26-22(27)15(2)13-25-24(30)31-14-20-18-11-6-4-9-16(18)17-10-5-7-12-19(17)20/h4-7,9-12,15,20-21H,3,8,13-14H2,1-2H3,(H,25,30)(H,26,27)(H,28,29). The van der Waals surface area contributed by atoms with E-state index in [0.29, 0.717) is 12.8 Å². The second-order valence-corrected chi connectivity index (χ2v) is 7.80. The number of carboxylic acid groups (broad SMARTS) is 1. The first kappa shape index (κ1) is 22.3. The molecule has 0 radical (unpaired) electrons. The number of fused-ring (bicyclic) bond motifs is 3. The van der Waals surface area contributed by atoms with Crippen molar-refractivity contribution in [2.75, 3.05) is 13.2 Å². The second-order valence-electron chi connectivity index (χ2n) is 7.80. The van der Waals surface area contributed by atoms with E-state index < -0.39 is 29.9 Å². The molecule has 2 aromatic rings. The summed E-state index contributed by atoms with van der Waals surface area (Å²) in [6.07, 6.45) is 0.391. The van der Waals surface area contributed by atoms with Crippen molar-refractivity contribution in [1.82, 2.24) is 10.6 Å². The lowest BCUT2D eigenvalue weighted by Gasteiger charge is -2.18. The van der Waals surface area contributed by atoms with Crippen molar-refractivity contribution in [1.29, 1.82) is 0 Å². The molecule has 7 nitrogen and oxygen atoms in total. The van der Waals surface area contributed by atoms with Gasteiger partial charge in [-0.25, -0.2) is 9.59 Å². The van der Waals surface area contributed by atoms with E-state index in [-0.39, 0.29) is 19.1 Å². The fraction of sp³-hybridized carbons (Fsp3) is 0.375. The predicted molar refractivity (Wildman–Crippen MR) is 117 cm³/mol. The third-order valence-corrected chi connectivity index (χ3v) is 5.54. The van der Waals surface area contributed by atoms with Crippen LogP contribution < -0.4 is 10.6 Å². The monoisotopic (exact) mass is 424 g/mol. The average molecular weight is 424 g/mol. The van der Waals surface area contributed by atoms with Crippen molar-refractivity contribution >= 4 is 18.0 Å². The van der Waals surface area contributed by atoms with Crippen molar-refractivity contribution < 1.29 is 24.2 Å². The normalized spacial score (nSPS) is 14.1. The van der Waals surface area contributed by atoms with Crippen molar-refractivity contribution in [3.8, 4) is 11.1 Å². The molecule has 0 aromatic heterocycles. The van der Waals surface area contributed by atoms with Crippen LogP contribution in [-0.4, -0.2) is 42.3 Å². The predicted octanol–water partition coefficient (Wildman–Crippen LogP) is 3.53. The molecule has 0 fully saturated rings. The molecule has 3 N–H and O–H groups in total. The molecule has 1 aliphatic rings. The SMILES string of the molecule is CCCC(NC(=O)C(C)CNC(=O)OCC1c2ccccc2-c2ccccc21)C(=O)O. The van der Waals surface area contributed by atoms with Gasteiger partial charge in [-0.3, -0.25) is 4.79 Å². The lowest BCUT2D eigenvalue weighted by molar-refractivity contribution is -0.142. The third-order valence-electron chi connectivity index (χ3n) is 5.54. The van der Waals surface area contributed by atoms with Crippen LogP contribution in [-0.2, 0) is 14.3 Å². The molecule has 0 spiro atoms. The molecule has 0 aliphatic heterocycles. The number of carboxylic acids is 1. The molecule has 0 saturated heterocycles. The molecule has 3 rings (SSSR count). The number of rotatable bonds is 9. The van der Waals surface area contributed by atoms with Crippen molar-refractivity contribution in [3.63, 3.8) is 0 Å². The van der Waals surface area contributed by atoms with Crippen molar-refractivity contribution in [2.45, 2.75) is 38.6 Å². The zero-order valence-electron chi connectivity index (χ0n) is 17.8. The van der Waals surface area contributed by atoms with Gasteiger partial charge in [0.15, 0.2) is 0 Å². The zero-order valence-corrected chi connectivity index (χ0v) is 17.8. The van der Waals surface area contributed by atoms with Gasteiger partial charge >= 0.3 is 12.1 Å². The Hall–Kier alpha value is -3.35. The van der Waals surface area contributed by atoms with Crippen LogP contribution in [0.3, 0.4) is 0 Å². The minimum absolute atomic E-state index is 0.0377. The topological polar surface area (TPSA) is 105 Å². The van der Waals surface area contributed by atoms with E-state index in [9.17, 15) is 14.4 Å². The molecule has 0 bridgehead atoms. The Morgan fingerprint density at radius 2 is 1.61 bits per heavy atom. The highest BCUT2D eigenvalue weighted by Crippen LogP contribution is 2.44. The summed E-state index contributed by atoms with van der Waals surface area (Å²) in [4.78, 5) is 35.6. The molecule has 164 valence electrons. The van der Waals surface area contributed by atoms with E-state index in [1.54, 1.807) is 6.92 Å². The molecule has 2 atom stereocenters. The number of benzene rings is 2. The molecular formula is C24H28N2O5. The Balaban J connectivity index is 1.52. The highest BCUT2D eigenvalue weighted by atomic mass is 16.5. The first-order valence-electron chi connectivity index (χ1n) is 10.5. The van der Waals surface area contributed by atoms with Crippen molar-refractivity contribution in [3.05, 3.63) is 59.7 Å². The molecule has 2 aromatic carbocycles. The smallest absolute Gasteiger partial charge is 0.407 e. The maximum absolute atomic E-state index is 12.2. The Labute approximate surface area is 181 Å². The summed E-state index contributed by atoms with van der Waals surface area (Å²) >= 11 is 0. The number of carbonyl (C=O) groups excluding carboxylic acids is 2. The molecular weight excluding hydrogens is 396 g/mol. The summed E-state index contributed by atoms with van der Waals surface area (Å²) in [7, 11) is 0. The number of aliphatic carboxylic acids is 1. The summed E-state index contributed by atoms with van der Waals surface area (Å²) in [6, 6.07) is 15.2. The van der Waals surface area contributed by atoms with Gasteiger partial charge in [0.05, 0.1) is 5.92 Å². The number of nitrogens with one attached hydrogen (secondary N) is 2. The van der Waals surface area contributed by atoms with Crippen LogP contribution in [0.4, 0.5) is 4.79 Å². The molecule has 2 amide bonds. The van der Waals surface area contributed by atoms with Gasteiger partial charge in [-0.15, -0.1) is 0 Å². The van der Waals surface area contributed by atoms with Gasteiger partial charge in [0.2, 0.25) is 5.91 Å².